The first kappa shape index (κ1) is 15.0. The third kappa shape index (κ3) is 3.38. The van der Waals surface area contributed by atoms with Crippen LogP contribution < -0.4 is 5.73 Å². The van der Waals surface area contributed by atoms with Crippen molar-refractivity contribution in [3.05, 3.63) is 35.4 Å². The van der Waals surface area contributed by atoms with Gasteiger partial charge in [0, 0.05) is 31.7 Å². The number of hydrogen-bond acceptors (Lipinski definition) is 3. The van der Waals surface area contributed by atoms with Crippen LogP contribution in [0, 0.1) is 0 Å². The molecule has 0 aliphatic carbocycles. The third-order valence-corrected chi connectivity index (χ3v) is 4.15. The monoisotopic (exact) mass is 275 g/mol. The Morgan fingerprint density at radius 2 is 2.30 bits per heavy atom. The second-order valence-electron chi connectivity index (χ2n) is 5.51. The molecule has 1 saturated heterocycles. The molecule has 1 aromatic carbocycles. The number of hydrogen-bond donors (Lipinski definition) is 1. The van der Waals surface area contributed by atoms with Crippen molar-refractivity contribution >= 4 is 5.91 Å². The number of likely N-dealkylation sites (N-methyl/N-ethyl adjacent to an activating group) is 2. The van der Waals surface area contributed by atoms with Crippen LogP contribution in [0.5, 0.6) is 0 Å². The number of amides is 1. The van der Waals surface area contributed by atoms with Gasteiger partial charge in [-0.2, -0.15) is 0 Å². The van der Waals surface area contributed by atoms with E-state index in [1.54, 1.807) is 0 Å². The molecule has 0 radical (unpaired) electrons. The molecule has 1 heterocycles. The van der Waals surface area contributed by atoms with Crippen LogP contribution in [0.2, 0.25) is 0 Å². The molecule has 2 rings (SSSR count). The summed E-state index contributed by atoms with van der Waals surface area (Å²) in [4.78, 5) is 16.8. The first-order chi connectivity index (χ1) is 9.65. The van der Waals surface area contributed by atoms with Gasteiger partial charge in [-0.25, -0.2) is 0 Å². The van der Waals surface area contributed by atoms with Crippen molar-refractivity contribution in [3.63, 3.8) is 0 Å². The number of rotatable bonds is 5. The molecule has 0 aromatic heterocycles. The number of benzene rings is 1. The average molecular weight is 275 g/mol. The van der Waals surface area contributed by atoms with Crippen LogP contribution in [-0.4, -0.2) is 48.4 Å². The van der Waals surface area contributed by atoms with Crippen molar-refractivity contribution in [1.82, 2.24) is 9.80 Å². The molecule has 1 aliphatic heterocycles. The molecule has 2 N–H and O–H groups in total. The Balaban J connectivity index is 2.01. The molecule has 1 atom stereocenters. The van der Waals surface area contributed by atoms with Crippen LogP contribution in [0.4, 0.5) is 0 Å². The van der Waals surface area contributed by atoms with E-state index in [9.17, 15) is 4.79 Å². The minimum Gasteiger partial charge on any atom is -0.340 e. The molecule has 1 aromatic rings. The Labute approximate surface area is 121 Å². The Kier molecular flexibility index (Phi) is 5.15. The summed E-state index contributed by atoms with van der Waals surface area (Å²) in [5.74, 6) is 0.0863. The van der Waals surface area contributed by atoms with Gasteiger partial charge < -0.3 is 10.6 Å². The summed E-state index contributed by atoms with van der Waals surface area (Å²) in [7, 11) is 1.89. The molecular formula is C16H25N3O. The van der Waals surface area contributed by atoms with E-state index in [2.05, 4.69) is 11.8 Å². The third-order valence-electron chi connectivity index (χ3n) is 4.15. The first-order valence-corrected chi connectivity index (χ1v) is 7.44. The molecule has 0 spiro atoms. The summed E-state index contributed by atoms with van der Waals surface area (Å²) in [6.07, 6.45) is 2.43. The molecule has 1 unspecified atom stereocenters. The fourth-order valence-electron chi connectivity index (χ4n) is 2.97. The molecule has 1 amide bonds. The van der Waals surface area contributed by atoms with Gasteiger partial charge in [0.1, 0.15) is 0 Å². The highest BCUT2D eigenvalue weighted by molar-refractivity contribution is 5.94. The molecule has 4 heteroatoms. The van der Waals surface area contributed by atoms with Crippen molar-refractivity contribution in [1.29, 1.82) is 0 Å². The predicted molar refractivity (Wildman–Crippen MR) is 81.6 cm³/mol. The van der Waals surface area contributed by atoms with Gasteiger partial charge in [0.05, 0.1) is 0 Å². The molecule has 1 aliphatic rings. The molecule has 1 fully saturated rings. The number of carbonyl (C=O) groups excluding carboxylic acids is 1. The smallest absolute Gasteiger partial charge is 0.253 e. The predicted octanol–water partition coefficient (Wildman–Crippen LogP) is 1.70. The van der Waals surface area contributed by atoms with Gasteiger partial charge in [0.25, 0.3) is 5.91 Å². The van der Waals surface area contributed by atoms with E-state index in [-0.39, 0.29) is 5.91 Å². The van der Waals surface area contributed by atoms with E-state index in [1.165, 1.54) is 12.8 Å². The minimum absolute atomic E-state index is 0.0863. The largest absolute Gasteiger partial charge is 0.340 e. The highest BCUT2D eigenvalue weighted by Crippen LogP contribution is 2.18. The Hall–Kier alpha value is -1.39. The van der Waals surface area contributed by atoms with Crippen LogP contribution in [-0.2, 0) is 6.54 Å². The number of carbonyl (C=O) groups is 1. The van der Waals surface area contributed by atoms with E-state index < -0.39 is 0 Å². The first-order valence-electron chi connectivity index (χ1n) is 7.44. The van der Waals surface area contributed by atoms with E-state index >= 15 is 0 Å². The summed E-state index contributed by atoms with van der Waals surface area (Å²) in [6.45, 7) is 5.68. The molecule has 0 bridgehead atoms. The summed E-state index contributed by atoms with van der Waals surface area (Å²) >= 11 is 0. The van der Waals surface area contributed by atoms with E-state index in [1.807, 2.05) is 36.2 Å². The molecule has 20 heavy (non-hydrogen) atoms. The average Bonchev–Trinajstić information content (AvgIpc) is 2.93. The van der Waals surface area contributed by atoms with Crippen molar-refractivity contribution in [2.45, 2.75) is 32.4 Å². The zero-order chi connectivity index (χ0) is 14.5. The Morgan fingerprint density at radius 1 is 1.50 bits per heavy atom. The summed E-state index contributed by atoms with van der Waals surface area (Å²) in [5.41, 5.74) is 7.36. The van der Waals surface area contributed by atoms with Crippen LogP contribution in [0.25, 0.3) is 0 Å². The maximum absolute atomic E-state index is 12.5. The van der Waals surface area contributed by atoms with Crippen LogP contribution in [0.3, 0.4) is 0 Å². The number of likely N-dealkylation sites (tertiary alicyclic amines) is 1. The second-order valence-corrected chi connectivity index (χ2v) is 5.51. The lowest BCUT2D eigenvalue weighted by molar-refractivity contribution is 0.0754. The fraction of sp³-hybridized carbons (Fsp3) is 0.562. The standard InChI is InChI=1S/C16H25N3O/c1-3-19-9-5-8-15(19)12-18(2)16(20)14-7-4-6-13(10-14)11-17/h4,6-7,10,15H,3,5,8-9,11-12,17H2,1-2H3. The van der Waals surface area contributed by atoms with Crippen molar-refractivity contribution in [2.24, 2.45) is 5.73 Å². The zero-order valence-corrected chi connectivity index (χ0v) is 12.5. The van der Waals surface area contributed by atoms with Gasteiger partial charge in [-0.15, -0.1) is 0 Å². The fourth-order valence-corrected chi connectivity index (χ4v) is 2.97. The van der Waals surface area contributed by atoms with Crippen LogP contribution >= 0.6 is 0 Å². The SMILES string of the molecule is CCN1CCCC1CN(C)C(=O)c1cccc(CN)c1. The number of nitrogens with two attached hydrogens (primary N) is 1. The van der Waals surface area contributed by atoms with Crippen molar-refractivity contribution < 1.29 is 4.79 Å². The van der Waals surface area contributed by atoms with Crippen molar-refractivity contribution in [2.75, 3.05) is 26.7 Å². The van der Waals surface area contributed by atoms with Crippen LogP contribution in [0.1, 0.15) is 35.7 Å². The maximum Gasteiger partial charge on any atom is 0.253 e. The van der Waals surface area contributed by atoms with Gasteiger partial charge in [-0.05, 0) is 43.6 Å². The minimum atomic E-state index is 0.0863. The molecule has 0 saturated carbocycles. The van der Waals surface area contributed by atoms with Crippen LogP contribution in [0.15, 0.2) is 24.3 Å². The quantitative estimate of drug-likeness (QED) is 0.890. The molecule has 4 nitrogen and oxygen atoms in total. The Bertz CT molecular complexity index is 461. The highest BCUT2D eigenvalue weighted by Gasteiger charge is 2.25. The van der Waals surface area contributed by atoms with Gasteiger partial charge >= 0.3 is 0 Å². The van der Waals surface area contributed by atoms with Gasteiger partial charge in [-0.1, -0.05) is 19.1 Å². The van der Waals surface area contributed by atoms with E-state index in [0.29, 0.717) is 12.6 Å². The Morgan fingerprint density at radius 3 is 3.00 bits per heavy atom. The molecule has 110 valence electrons. The number of nitrogens with zero attached hydrogens (tertiary/aromatic N) is 2. The van der Waals surface area contributed by atoms with Gasteiger partial charge in [-0.3, -0.25) is 9.69 Å². The van der Waals surface area contributed by atoms with Crippen molar-refractivity contribution in [3.8, 4) is 0 Å². The lowest BCUT2D eigenvalue weighted by Gasteiger charge is -2.27. The lowest BCUT2D eigenvalue weighted by atomic mass is 10.1. The summed E-state index contributed by atoms with van der Waals surface area (Å²) < 4.78 is 0. The summed E-state index contributed by atoms with van der Waals surface area (Å²) in [6, 6.07) is 8.12. The van der Waals surface area contributed by atoms with Gasteiger partial charge in [0.15, 0.2) is 0 Å². The maximum atomic E-state index is 12.5. The highest BCUT2D eigenvalue weighted by atomic mass is 16.2. The molecular weight excluding hydrogens is 250 g/mol. The van der Waals surface area contributed by atoms with Gasteiger partial charge in [0.2, 0.25) is 0 Å². The van der Waals surface area contributed by atoms with E-state index in [4.69, 9.17) is 5.73 Å². The van der Waals surface area contributed by atoms with E-state index in [0.717, 1.165) is 30.8 Å². The summed E-state index contributed by atoms with van der Waals surface area (Å²) in [5, 5.41) is 0. The topological polar surface area (TPSA) is 49.6 Å². The zero-order valence-electron chi connectivity index (χ0n) is 12.5. The lowest BCUT2D eigenvalue weighted by Crippen LogP contribution is -2.41. The second kappa shape index (κ2) is 6.86. The normalized spacial score (nSPS) is 19.2.